The van der Waals surface area contributed by atoms with Gasteiger partial charge in [0.15, 0.2) is 0 Å². The quantitative estimate of drug-likeness (QED) is 0.393. The van der Waals surface area contributed by atoms with Crippen molar-refractivity contribution >= 4 is 28.5 Å². The average Bonchev–Trinajstić information content (AvgIpc) is 3.14. The molecule has 164 valence electrons. The van der Waals surface area contributed by atoms with Gasteiger partial charge in [-0.1, -0.05) is 60.1 Å². The first-order chi connectivity index (χ1) is 15.6. The van der Waals surface area contributed by atoms with Crippen LogP contribution < -0.4 is 10.1 Å². The average molecular weight is 448 g/mol. The lowest BCUT2D eigenvalue weighted by molar-refractivity contribution is -0.120. The highest BCUT2D eigenvalue weighted by Gasteiger charge is 2.12. The Labute approximate surface area is 193 Å². The molecule has 0 saturated carbocycles. The zero-order valence-corrected chi connectivity index (χ0v) is 18.8. The Hall–Kier alpha value is -3.31. The van der Waals surface area contributed by atoms with Gasteiger partial charge < -0.3 is 14.6 Å². The molecule has 0 aliphatic heterocycles. The molecule has 0 aliphatic rings. The van der Waals surface area contributed by atoms with Crippen molar-refractivity contribution in [2.45, 2.75) is 26.3 Å². The number of hydrogen-bond acceptors (Lipinski definition) is 3. The van der Waals surface area contributed by atoms with E-state index >= 15 is 0 Å². The standard InChI is InChI=1S/C26H26ClN3O2/c1-19-8-2-7-13-24(19)32-17-16-30-23-12-6-5-11-22(23)29-25(30)14-15-28-26(31)18-20-9-3-4-10-21(20)27/h2-13H,14-18H2,1H3,(H,28,31). The van der Waals surface area contributed by atoms with E-state index in [4.69, 9.17) is 21.3 Å². The van der Waals surface area contributed by atoms with Gasteiger partial charge in [0, 0.05) is 18.0 Å². The Morgan fingerprint density at radius 3 is 2.62 bits per heavy atom. The number of benzene rings is 3. The number of carbonyl (C=O) groups is 1. The van der Waals surface area contributed by atoms with Crippen LogP contribution in [0.4, 0.5) is 0 Å². The minimum atomic E-state index is -0.0522. The fourth-order valence-corrected chi connectivity index (χ4v) is 3.92. The molecule has 32 heavy (non-hydrogen) atoms. The summed E-state index contributed by atoms with van der Waals surface area (Å²) in [5.74, 6) is 1.77. The summed E-state index contributed by atoms with van der Waals surface area (Å²) < 4.78 is 8.18. The van der Waals surface area contributed by atoms with E-state index in [-0.39, 0.29) is 12.3 Å². The second kappa shape index (κ2) is 10.3. The largest absolute Gasteiger partial charge is 0.491 e. The van der Waals surface area contributed by atoms with Crippen molar-refractivity contribution in [2.75, 3.05) is 13.2 Å². The Balaban J connectivity index is 1.39. The molecular formula is C26H26ClN3O2. The van der Waals surface area contributed by atoms with Gasteiger partial charge >= 0.3 is 0 Å². The maximum Gasteiger partial charge on any atom is 0.224 e. The molecule has 0 bridgehead atoms. The van der Waals surface area contributed by atoms with E-state index in [1.807, 2.05) is 67.6 Å². The van der Waals surface area contributed by atoms with Crippen LogP contribution in [0.2, 0.25) is 5.02 Å². The van der Waals surface area contributed by atoms with Gasteiger partial charge in [0.1, 0.15) is 18.2 Å². The van der Waals surface area contributed by atoms with Crippen molar-refractivity contribution < 1.29 is 9.53 Å². The van der Waals surface area contributed by atoms with Crippen LogP contribution in [0.1, 0.15) is 17.0 Å². The summed E-state index contributed by atoms with van der Waals surface area (Å²) >= 11 is 6.16. The number of nitrogens with one attached hydrogen (secondary N) is 1. The van der Waals surface area contributed by atoms with Crippen LogP contribution in [-0.4, -0.2) is 28.6 Å². The zero-order chi connectivity index (χ0) is 22.3. The van der Waals surface area contributed by atoms with Crippen LogP contribution in [0, 0.1) is 6.92 Å². The van der Waals surface area contributed by atoms with Gasteiger partial charge in [-0.25, -0.2) is 4.98 Å². The number of para-hydroxylation sites is 3. The van der Waals surface area contributed by atoms with E-state index in [1.54, 1.807) is 6.07 Å². The molecule has 0 saturated heterocycles. The molecular weight excluding hydrogens is 422 g/mol. The highest BCUT2D eigenvalue weighted by molar-refractivity contribution is 6.31. The molecule has 0 radical (unpaired) electrons. The van der Waals surface area contributed by atoms with E-state index in [2.05, 4.69) is 16.0 Å². The van der Waals surface area contributed by atoms with Crippen LogP contribution in [0.3, 0.4) is 0 Å². The van der Waals surface area contributed by atoms with E-state index in [0.717, 1.165) is 33.7 Å². The van der Waals surface area contributed by atoms with Gasteiger partial charge in [0.2, 0.25) is 5.91 Å². The fourth-order valence-electron chi connectivity index (χ4n) is 3.72. The van der Waals surface area contributed by atoms with E-state index < -0.39 is 0 Å². The minimum Gasteiger partial charge on any atom is -0.491 e. The number of fused-ring (bicyclic) bond motifs is 1. The molecule has 0 unspecified atom stereocenters. The molecule has 0 fully saturated rings. The first kappa shape index (κ1) is 21.9. The second-order valence-electron chi connectivity index (χ2n) is 7.65. The van der Waals surface area contributed by atoms with Crippen LogP contribution in [0.15, 0.2) is 72.8 Å². The Morgan fingerprint density at radius 1 is 1.03 bits per heavy atom. The number of hydrogen-bond donors (Lipinski definition) is 1. The van der Waals surface area contributed by atoms with Gasteiger partial charge in [0.05, 0.1) is 24.0 Å². The van der Waals surface area contributed by atoms with E-state index in [9.17, 15) is 4.79 Å². The van der Waals surface area contributed by atoms with Gasteiger partial charge in [-0.3, -0.25) is 4.79 Å². The maximum atomic E-state index is 12.4. The SMILES string of the molecule is Cc1ccccc1OCCn1c(CCNC(=O)Cc2ccccc2Cl)nc2ccccc21. The van der Waals surface area contributed by atoms with Crippen LogP contribution in [-0.2, 0) is 24.2 Å². The van der Waals surface area contributed by atoms with Gasteiger partial charge in [-0.05, 0) is 42.3 Å². The predicted octanol–water partition coefficient (Wildman–Crippen LogP) is 4.98. The normalized spacial score (nSPS) is 10.9. The molecule has 0 spiro atoms. The lowest BCUT2D eigenvalue weighted by Gasteiger charge is -2.12. The highest BCUT2D eigenvalue weighted by Crippen LogP contribution is 2.19. The number of amides is 1. The van der Waals surface area contributed by atoms with E-state index in [0.29, 0.717) is 31.1 Å². The highest BCUT2D eigenvalue weighted by atomic mass is 35.5. The maximum absolute atomic E-state index is 12.4. The summed E-state index contributed by atoms with van der Waals surface area (Å²) in [6, 6.07) is 23.5. The smallest absolute Gasteiger partial charge is 0.224 e. The Bertz CT molecular complexity index is 1220. The van der Waals surface area contributed by atoms with Crippen LogP contribution >= 0.6 is 11.6 Å². The number of halogens is 1. The molecule has 6 heteroatoms. The molecule has 0 aliphatic carbocycles. The summed E-state index contributed by atoms with van der Waals surface area (Å²) in [6.45, 7) is 3.76. The molecule has 4 aromatic rings. The Kier molecular flexibility index (Phi) is 7.07. The van der Waals surface area contributed by atoms with Crippen molar-refractivity contribution in [1.82, 2.24) is 14.9 Å². The summed E-state index contributed by atoms with van der Waals surface area (Å²) in [5.41, 5.74) is 3.95. The van der Waals surface area contributed by atoms with Crippen molar-refractivity contribution in [1.29, 1.82) is 0 Å². The molecule has 1 amide bonds. The Morgan fingerprint density at radius 2 is 1.78 bits per heavy atom. The van der Waals surface area contributed by atoms with Crippen molar-refractivity contribution in [2.24, 2.45) is 0 Å². The summed E-state index contributed by atoms with van der Waals surface area (Å²) in [4.78, 5) is 17.1. The van der Waals surface area contributed by atoms with E-state index in [1.165, 1.54) is 0 Å². The second-order valence-corrected chi connectivity index (χ2v) is 8.06. The monoisotopic (exact) mass is 447 g/mol. The van der Waals surface area contributed by atoms with Gasteiger partial charge in [0.25, 0.3) is 0 Å². The van der Waals surface area contributed by atoms with Gasteiger partial charge in [-0.2, -0.15) is 0 Å². The first-order valence-electron chi connectivity index (χ1n) is 10.7. The van der Waals surface area contributed by atoms with Crippen LogP contribution in [0.5, 0.6) is 5.75 Å². The van der Waals surface area contributed by atoms with Crippen molar-refractivity contribution in [3.05, 3.63) is 94.8 Å². The number of carbonyl (C=O) groups excluding carboxylic acids is 1. The van der Waals surface area contributed by atoms with Crippen molar-refractivity contribution in [3.63, 3.8) is 0 Å². The predicted molar refractivity (Wildman–Crippen MR) is 128 cm³/mol. The molecule has 3 aromatic carbocycles. The molecule has 1 N–H and O–H groups in total. The number of rotatable bonds is 9. The molecule has 1 aromatic heterocycles. The molecule has 5 nitrogen and oxygen atoms in total. The summed E-state index contributed by atoms with van der Waals surface area (Å²) in [5, 5.41) is 3.60. The minimum absolute atomic E-state index is 0.0522. The first-order valence-corrected chi connectivity index (χ1v) is 11.1. The number of aryl methyl sites for hydroxylation is 1. The summed E-state index contributed by atoms with van der Waals surface area (Å²) in [7, 11) is 0. The lowest BCUT2D eigenvalue weighted by Crippen LogP contribution is -2.28. The van der Waals surface area contributed by atoms with Gasteiger partial charge in [-0.15, -0.1) is 0 Å². The number of aromatic nitrogens is 2. The third-order valence-electron chi connectivity index (χ3n) is 5.38. The number of imidazole rings is 1. The van der Waals surface area contributed by atoms with Crippen LogP contribution in [0.25, 0.3) is 11.0 Å². The van der Waals surface area contributed by atoms with Crippen molar-refractivity contribution in [3.8, 4) is 5.75 Å². The topological polar surface area (TPSA) is 56.1 Å². The fraction of sp³-hybridized carbons (Fsp3) is 0.231. The third kappa shape index (κ3) is 5.29. The summed E-state index contributed by atoms with van der Waals surface area (Å²) in [6.07, 6.45) is 0.896. The molecule has 0 atom stereocenters. The number of ether oxygens (including phenoxy) is 1. The lowest BCUT2D eigenvalue weighted by atomic mass is 10.1. The number of nitrogens with zero attached hydrogens (tertiary/aromatic N) is 2. The third-order valence-corrected chi connectivity index (χ3v) is 5.75. The zero-order valence-electron chi connectivity index (χ0n) is 18.1. The molecule has 4 rings (SSSR count). The molecule has 1 heterocycles.